The summed E-state index contributed by atoms with van der Waals surface area (Å²) in [6, 6.07) is 34.0. The molecule has 0 bridgehead atoms. The zero-order valence-electron chi connectivity index (χ0n) is 36.1. The van der Waals surface area contributed by atoms with Crippen LogP contribution in [0.3, 0.4) is 0 Å². The topological polar surface area (TPSA) is 119 Å². The van der Waals surface area contributed by atoms with Gasteiger partial charge in [-0.05, 0) is 118 Å². The van der Waals surface area contributed by atoms with E-state index >= 15 is 0 Å². The number of rotatable bonds is 18. The number of nitrogens with zero attached hydrogens (tertiary/aromatic N) is 3. The Morgan fingerprint density at radius 2 is 1.42 bits per heavy atom. The second-order valence-corrected chi connectivity index (χ2v) is 21.3. The summed E-state index contributed by atoms with van der Waals surface area (Å²) in [5, 5.41) is 3.69. The van der Waals surface area contributed by atoms with Gasteiger partial charge in [-0.1, -0.05) is 66.2 Å². The van der Waals surface area contributed by atoms with Crippen LogP contribution in [0.25, 0.3) is 11.1 Å². The van der Waals surface area contributed by atoms with Crippen LogP contribution in [0, 0.1) is 0 Å². The van der Waals surface area contributed by atoms with E-state index in [4.69, 9.17) is 11.6 Å². The lowest BCUT2D eigenvalue weighted by Crippen LogP contribution is -2.46. The Kier molecular flexibility index (Phi) is 16.2. The maximum Gasteiger partial charge on any atom is 0.501 e. The predicted octanol–water partition coefficient (Wildman–Crippen LogP) is 9.82. The summed E-state index contributed by atoms with van der Waals surface area (Å²) in [7, 11) is -10.9. The number of carbonyl (C=O) groups excluding carboxylic acids is 1. The lowest BCUT2D eigenvalue weighted by atomic mass is 9.99. The van der Waals surface area contributed by atoms with Crippen LogP contribution in [-0.2, 0) is 26.4 Å². The minimum absolute atomic E-state index is 0.0122. The number of halogens is 4. The zero-order chi connectivity index (χ0) is 46.2. The van der Waals surface area contributed by atoms with E-state index in [9.17, 15) is 34.8 Å². The quantitative estimate of drug-likeness (QED) is 0.0823. The largest absolute Gasteiger partial charge is 0.501 e. The van der Waals surface area contributed by atoms with E-state index in [2.05, 4.69) is 32.1 Å². The molecule has 64 heavy (non-hydrogen) atoms. The molecule has 342 valence electrons. The summed E-state index contributed by atoms with van der Waals surface area (Å²) in [4.78, 5) is 18.9. The van der Waals surface area contributed by atoms with Crippen molar-refractivity contribution in [1.82, 2.24) is 14.5 Å². The molecule has 10 nitrogen and oxygen atoms in total. The number of hydrogen-bond acceptors (Lipinski definition) is 10. The minimum Gasteiger partial charge on any atom is -0.380 e. The molecule has 5 aromatic rings. The molecule has 0 saturated carbocycles. The van der Waals surface area contributed by atoms with E-state index in [0.717, 1.165) is 53.5 Å². The zero-order valence-corrected chi connectivity index (χ0v) is 39.3. The van der Waals surface area contributed by atoms with Gasteiger partial charge in [0.1, 0.15) is 4.90 Å². The maximum atomic E-state index is 14.2. The fourth-order valence-electron chi connectivity index (χ4n) is 7.72. The molecule has 1 aliphatic heterocycles. The van der Waals surface area contributed by atoms with Gasteiger partial charge < -0.3 is 10.2 Å². The first-order chi connectivity index (χ1) is 30.3. The average Bonchev–Trinajstić information content (AvgIpc) is 3.26. The molecule has 0 spiro atoms. The Hall–Kier alpha value is -4.58. The van der Waals surface area contributed by atoms with E-state index in [-0.39, 0.29) is 17.6 Å². The number of sulfonamides is 1. The van der Waals surface area contributed by atoms with Gasteiger partial charge in [-0.2, -0.15) is 13.2 Å². The highest BCUT2D eigenvalue weighted by Gasteiger charge is 2.48. The number of benzene rings is 5. The number of piperazine rings is 1. The molecule has 1 atom stereocenters. The van der Waals surface area contributed by atoms with Crippen molar-refractivity contribution in [2.24, 2.45) is 0 Å². The van der Waals surface area contributed by atoms with E-state index in [1.165, 1.54) is 29.5 Å². The van der Waals surface area contributed by atoms with Crippen molar-refractivity contribution >= 4 is 60.5 Å². The normalized spacial score (nSPS) is 14.6. The highest BCUT2D eigenvalue weighted by atomic mass is 35.5. The van der Waals surface area contributed by atoms with Crippen molar-refractivity contribution in [3.63, 3.8) is 0 Å². The first-order valence-electron chi connectivity index (χ1n) is 21.0. The number of amides is 1. The lowest BCUT2D eigenvalue weighted by Gasteiger charge is -2.36. The second-order valence-electron chi connectivity index (χ2n) is 16.2. The summed E-state index contributed by atoms with van der Waals surface area (Å²) in [6.07, 6.45) is 0.438. The third kappa shape index (κ3) is 12.4. The standard InChI is InChI=1S/C47H53ClF3N5O5S3/c1-33(2)56(34(3)4)25-24-39(32-62-41-11-6-5-7-12-41)52-44-23-22-42(30-45(44)63(58,59)47(49,50)51)64(60,61)53-46(57)36-16-20-40(21-17-36)55-28-26-54(27-29-55)31-37-10-8-9-13-43(37)35-14-18-38(48)19-15-35/h5-23,30,33-34,39,52H,24-29,31-32H2,1-4H3,(H,53,57)/t39-/m1/s1. The van der Waals surface area contributed by atoms with Crippen LogP contribution in [0.15, 0.2) is 136 Å². The molecule has 5 aromatic carbocycles. The molecule has 1 fully saturated rings. The van der Waals surface area contributed by atoms with E-state index < -0.39 is 52.8 Å². The molecule has 1 saturated heterocycles. The van der Waals surface area contributed by atoms with Gasteiger partial charge in [0, 0.05) is 84.3 Å². The van der Waals surface area contributed by atoms with Crippen molar-refractivity contribution in [2.45, 2.75) is 79.0 Å². The summed E-state index contributed by atoms with van der Waals surface area (Å²) in [6.45, 7) is 12.4. The monoisotopic (exact) mass is 955 g/mol. The molecule has 0 unspecified atom stereocenters. The van der Waals surface area contributed by atoms with Gasteiger partial charge >= 0.3 is 5.51 Å². The van der Waals surface area contributed by atoms with E-state index in [1.54, 1.807) is 12.1 Å². The Bertz CT molecular complexity index is 2570. The van der Waals surface area contributed by atoms with Gasteiger partial charge in [0.2, 0.25) is 0 Å². The lowest BCUT2D eigenvalue weighted by molar-refractivity contribution is -0.0435. The predicted molar refractivity (Wildman–Crippen MR) is 251 cm³/mol. The average molecular weight is 957 g/mol. The van der Waals surface area contributed by atoms with Gasteiger partial charge in [-0.3, -0.25) is 14.6 Å². The summed E-state index contributed by atoms with van der Waals surface area (Å²) >= 11 is 7.57. The molecule has 0 radical (unpaired) electrons. The molecule has 0 aromatic heterocycles. The number of hydrogen-bond donors (Lipinski definition) is 2. The number of nitrogens with one attached hydrogen (secondary N) is 2. The van der Waals surface area contributed by atoms with Crippen molar-refractivity contribution in [3.8, 4) is 11.1 Å². The summed E-state index contributed by atoms with van der Waals surface area (Å²) < 4.78 is 97.8. The molecular formula is C47H53ClF3N5O5S3. The van der Waals surface area contributed by atoms with Gasteiger partial charge in [0.05, 0.1) is 10.6 Å². The SMILES string of the molecule is CC(C)N(CC[C@H](CSc1ccccc1)Nc1ccc(S(=O)(=O)NC(=O)c2ccc(N3CCN(Cc4ccccc4-c4ccc(Cl)cc4)CC3)cc2)cc1S(=O)(=O)C(F)(F)F)C(C)C. The Labute approximate surface area is 384 Å². The van der Waals surface area contributed by atoms with Gasteiger partial charge in [-0.15, -0.1) is 11.8 Å². The number of alkyl halides is 3. The fraction of sp³-hybridized carbons (Fsp3) is 0.340. The highest BCUT2D eigenvalue weighted by Crippen LogP contribution is 2.37. The smallest absolute Gasteiger partial charge is 0.380 e. The van der Waals surface area contributed by atoms with Crippen LogP contribution in [0.4, 0.5) is 24.5 Å². The molecule has 17 heteroatoms. The second kappa shape index (κ2) is 21.2. The highest BCUT2D eigenvalue weighted by molar-refractivity contribution is 7.99. The first-order valence-corrected chi connectivity index (χ1v) is 25.3. The van der Waals surface area contributed by atoms with Crippen LogP contribution in [0.5, 0.6) is 0 Å². The Balaban J connectivity index is 1.14. The van der Waals surface area contributed by atoms with E-state index in [0.29, 0.717) is 42.9 Å². The third-order valence-electron chi connectivity index (χ3n) is 11.1. The van der Waals surface area contributed by atoms with Crippen LogP contribution in [-0.4, -0.2) is 94.7 Å². The molecular weight excluding hydrogens is 903 g/mol. The number of carbonyl (C=O) groups is 1. The molecule has 0 aliphatic carbocycles. The third-order valence-corrected chi connectivity index (χ3v) is 15.4. The van der Waals surface area contributed by atoms with Crippen molar-refractivity contribution in [2.75, 3.05) is 48.7 Å². The fourth-order valence-corrected chi connectivity index (χ4v) is 10.9. The van der Waals surface area contributed by atoms with Gasteiger partial charge in [-0.25, -0.2) is 21.6 Å². The number of thioether (sulfide) groups is 1. The molecule has 6 rings (SSSR count). The first kappa shape index (κ1) is 48.9. The van der Waals surface area contributed by atoms with Crippen LogP contribution in [0.1, 0.15) is 50.0 Å². The van der Waals surface area contributed by atoms with Crippen LogP contribution >= 0.6 is 23.4 Å². The van der Waals surface area contributed by atoms with Gasteiger partial charge in [0.15, 0.2) is 0 Å². The van der Waals surface area contributed by atoms with Gasteiger partial charge in [0.25, 0.3) is 25.8 Å². The van der Waals surface area contributed by atoms with Crippen molar-refractivity contribution in [3.05, 3.63) is 137 Å². The van der Waals surface area contributed by atoms with Crippen LogP contribution < -0.4 is 14.9 Å². The van der Waals surface area contributed by atoms with E-state index in [1.807, 2.05) is 99.1 Å². The van der Waals surface area contributed by atoms with Crippen molar-refractivity contribution in [1.29, 1.82) is 0 Å². The number of sulfone groups is 1. The molecule has 1 amide bonds. The Morgan fingerprint density at radius 3 is 2.05 bits per heavy atom. The molecule has 1 heterocycles. The maximum absolute atomic E-state index is 14.2. The Morgan fingerprint density at radius 1 is 0.797 bits per heavy atom. The summed E-state index contributed by atoms with van der Waals surface area (Å²) in [5.41, 5.74) is -1.91. The van der Waals surface area contributed by atoms with Crippen LogP contribution in [0.2, 0.25) is 5.02 Å². The summed E-state index contributed by atoms with van der Waals surface area (Å²) in [5.74, 6) is -0.665. The molecule has 1 aliphatic rings. The minimum atomic E-state index is -6.06. The van der Waals surface area contributed by atoms with Crippen molar-refractivity contribution < 1.29 is 34.8 Å². The molecule has 2 N–H and O–H groups in total. The number of anilines is 2.